The van der Waals surface area contributed by atoms with Crippen molar-refractivity contribution in [3.63, 3.8) is 0 Å². The third-order valence-electron chi connectivity index (χ3n) is 3.58. The lowest BCUT2D eigenvalue weighted by Gasteiger charge is -2.26. The molecule has 0 spiro atoms. The number of hydrogen-bond donors (Lipinski definition) is 1. The van der Waals surface area contributed by atoms with Crippen molar-refractivity contribution in [1.29, 1.82) is 0 Å². The molecule has 2 rings (SSSR count). The van der Waals surface area contributed by atoms with E-state index in [1.165, 1.54) is 17.5 Å². The van der Waals surface area contributed by atoms with E-state index in [2.05, 4.69) is 50.4 Å². The highest BCUT2D eigenvalue weighted by Crippen LogP contribution is 2.31. The molecule has 2 heteroatoms. The number of rotatable bonds is 4. The van der Waals surface area contributed by atoms with Crippen molar-refractivity contribution in [1.82, 2.24) is 5.32 Å². The molecule has 0 bridgehead atoms. The predicted molar refractivity (Wildman–Crippen MR) is 71.2 cm³/mol. The molecule has 0 saturated carbocycles. The average Bonchev–Trinajstić information content (AvgIpc) is 2.74. The second-order valence-electron chi connectivity index (χ2n) is 4.95. The molecule has 1 N–H and O–H groups in total. The van der Waals surface area contributed by atoms with Gasteiger partial charge in [0.2, 0.25) is 0 Å². The van der Waals surface area contributed by atoms with Crippen molar-refractivity contribution in [2.45, 2.75) is 51.9 Å². The van der Waals surface area contributed by atoms with Gasteiger partial charge in [-0.15, -0.1) is 0 Å². The Morgan fingerprint density at radius 1 is 1.35 bits per heavy atom. The first kappa shape index (κ1) is 12.6. The van der Waals surface area contributed by atoms with Crippen molar-refractivity contribution >= 4 is 0 Å². The summed E-state index contributed by atoms with van der Waals surface area (Å²) in [6.07, 6.45) is 3.07. The third kappa shape index (κ3) is 2.88. The van der Waals surface area contributed by atoms with Crippen LogP contribution in [0.5, 0.6) is 0 Å². The van der Waals surface area contributed by atoms with E-state index in [-0.39, 0.29) is 0 Å². The van der Waals surface area contributed by atoms with Gasteiger partial charge in [-0.2, -0.15) is 0 Å². The van der Waals surface area contributed by atoms with E-state index < -0.39 is 0 Å². The second-order valence-corrected chi connectivity index (χ2v) is 4.95. The van der Waals surface area contributed by atoms with Crippen LogP contribution < -0.4 is 5.32 Å². The molecule has 3 atom stereocenters. The minimum atomic E-state index is 0.325. The van der Waals surface area contributed by atoms with Gasteiger partial charge in [0, 0.05) is 0 Å². The van der Waals surface area contributed by atoms with E-state index in [1.807, 2.05) is 0 Å². The summed E-state index contributed by atoms with van der Waals surface area (Å²) in [6, 6.07) is 8.95. The molecule has 94 valence electrons. The quantitative estimate of drug-likeness (QED) is 0.862. The fourth-order valence-corrected chi connectivity index (χ4v) is 2.68. The standard InChI is InChI=1S/C15H23NO/c1-4-16-15(14-10-9-12(3)17-14)13-8-6-5-7-11(13)2/h5-8,12,14-16H,4,9-10H2,1-3H3. The number of aryl methyl sites for hydroxylation is 1. The van der Waals surface area contributed by atoms with Gasteiger partial charge < -0.3 is 10.1 Å². The number of likely N-dealkylation sites (N-methyl/N-ethyl adjacent to an activating group) is 1. The smallest absolute Gasteiger partial charge is 0.0774 e. The van der Waals surface area contributed by atoms with Crippen LogP contribution in [-0.4, -0.2) is 18.8 Å². The molecule has 0 aromatic heterocycles. The maximum absolute atomic E-state index is 6.02. The van der Waals surface area contributed by atoms with E-state index in [1.54, 1.807) is 0 Å². The highest BCUT2D eigenvalue weighted by atomic mass is 16.5. The van der Waals surface area contributed by atoms with Crippen molar-refractivity contribution in [3.8, 4) is 0 Å². The molecular formula is C15H23NO. The number of nitrogens with one attached hydrogen (secondary N) is 1. The Bertz CT molecular complexity index is 364. The molecule has 17 heavy (non-hydrogen) atoms. The van der Waals surface area contributed by atoms with E-state index in [9.17, 15) is 0 Å². The van der Waals surface area contributed by atoms with Crippen LogP contribution in [0.1, 0.15) is 43.9 Å². The monoisotopic (exact) mass is 233 g/mol. The largest absolute Gasteiger partial charge is 0.373 e. The Balaban J connectivity index is 2.20. The molecule has 1 aromatic carbocycles. The molecular weight excluding hydrogens is 210 g/mol. The summed E-state index contributed by atoms with van der Waals surface area (Å²) in [4.78, 5) is 0. The van der Waals surface area contributed by atoms with Gasteiger partial charge >= 0.3 is 0 Å². The van der Waals surface area contributed by atoms with E-state index in [0.717, 1.165) is 13.0 Å². The SMILES string of the molecule is CCNC(c1ccccc1C)C1CCC(C)O1. The number of ether oxygens (including phenoxy) is 1. The second kappa shape index (κ2) is 5.65. The van der Waals surface area contributed by atoms with Gasteiger partial charge in [-0.05, 0) is 44.4 Å². The number of hydrogen-bond acceptors (Lipinski definition) is 2. The molecule has 1 fully saturated rings. The van der Waals surface area contributed by atoms with Crippen molar-refractivity contribution in [2.75, 3.05) is 6.54 Å². The molecule has 1 heterocycles. The van der Waals surface area contributed by atoms with Gasteiger partial charge in [-0.1, -0.05) is 31.2 Å². The Labute approximate surface area is 104 Å². The lowest BCUT2D eigenvalue weighted by atomic mass is 9.95. The van der Waals surface area contributed by atoms with Crippen LogP contribution >= 0.6 is 0 Å². The zero-order valence-electron chi connectivity index (χ0n) is 11.1. The molecule has 1 aromatic rings. The maximum atomic E-state index is 6.02. The lowest BCUT2D eigenvalue weighted by molar-refractivity contribution is 0.0318. The maximum Gasteiger partial charge on any atom is 0.0774 e. The van der Waals surface area contributed by atoms with Crippen LogP contribution in [-0.2, 0) is 4.74 Å². The molecule has 1 saturated heterocycles. The summed E-state index contributed by atoms with van der Waals surface area (Å²) in [5, 5.41) is 3.58. The van der Waals surface area contributed by atoms with Crippen LogP contribution in [0, 0.1) is 6.92 Å². The van der Waals surface area contributed by atoms with Crippen molar-refractivity contribution in [3.05, 3.63) is 35.4 Å². The van der Waals surface area contributed by atoms with Crippen LogP contribution in [0.15, 0.2) is 24.3 Å². The summed E-state index contributed by atoms with van der Waals surface area (Å²) in [7, 11) is 0. The van der Waals surface area contributed by atoms with Gasteiger partial charge in [0.15, 0.2) is 0 Å². The van der Waals surface area contributed by atoms with Crippen LogP contribution in [0.3, 0.4) is 0 Å². The summed E-state index contributed by atoms with van der Waals surface area (Å²) in [5.74, 6) is 0. The fourth-order valence-electron chi connectivity index (χ4n) is 2.68. The van der Waals surface area contributed by atoms with Crippen LogP contribution in [0.4, 0.5) is 0 Å². The highest BCUT2D eigenvalue weighted by Gasteiger charge is 2.30. The first-order valence-electron chi connectivity index (χ1n) is 6.66. The lowest BCUT2D eigenvalue weighted by Crippen LogP contribution is -2.32. The minimum absolute atomic E-state index is 0.325. The van der Waals surface area contributed by atoms with Crippen LogP contribution in [0.25, 0.3) is 0 Å². The van der Waals surface area contributed by atoms with Gasteiger partial charge in [0.25, 0.3) is 0 Å². The molecule has 0 amide bonds. The van der Waals surface area contributed by atoms with E-state index in [0.29, 0.717) is 18.2 Å². The van der Waals surface area contributed by atoms with Gasteiger partial charge in [0.05, 0.1) is 18.2 Å². The molecule has 1 aliphatic rings. The van der Waals surface area contributed by atoms with E-state index in [4.69, 9.17) is 4.74 Å². The van der Waals surface area contributed by atoms with Crippen LogP contribution in [0.2, 0.25) is 0 Å². The van der Waals surface area contributed by atoms with E-state index >= 15 is 0 Å². The average molecular weight is 233 g/mol. The first-order valence-corrected chi connectivity index (χ1v) is 6.66. The molecule has 0 aliphatic carbocycles. The zero-order valence-corrected chi connectivity index (χ0v) is 11.1. The molecule has 3 unspecified atom stereocenters. The summed E-state index contributed by atoms with van der Waals surface area (Å²) in [6.45, 7) is 7.48. The normalized spacial score (nSPS) is 26.1. The van der Waals surface area contributed by atoms with Gasteiger partial charge in [0.1, 0.15) is 0 Å². The first-order chi connectivity index (χ1) is 8.22. The molecule has 2 nitrogen and oxygen atoms in total. The third-order valence-corrected chi connectivity index (χ3v) is 3.58. The Hall–Kier alpha value is -0.860. The Kier molecular flexibility index (Phi) is 4.19. The summed E-state index contributed by atoms with van der Waals surface area (Å²) >= 11 is 0. The predicted octanol–water partition coefficient (Wildman–Crippen LogP) is 3.21. The van der Waals surface area contributed by atoms with Gasteiger partial charge in [-0.3, -0.25) is 0 Å². The highest BCUT2D eigenvalue weighted by molar-refractivity contribution is 5.29. The van der Waals surface area contributed by atoms with Crippen molar-refractivity contribution < 1.29 is 4.74 Å². The summed E-state index contributed by atoms with van der Waals surface area (Å²) < 4.78 is 6.02. The number of benzene rings is 1. The van der Waals surface area contributed by atoms with Gasteiger partial charge in [-0.25, -0.2) is 0 Å². The zero-order chi connectivity index (χ0) is 12.3. The minimum Gasteiger partial charge on any atom is -0.373 e. The van der Waals surface area contributed by atoms with Crippen molar-refractivity contribution in [2.24, 2.45) is 0 Å². The molecule has 1 aliphatic heterocycles. The summed E-state index contributed by atoms with van der Waals surface area (Å²) in [5.41, 5.74) is 2.73. The fraction of sp³-hybridized carbons (Fsp3) is 0.600. The Morgan fingerprint density at radius 3 is 2.71 bits per heavy atom. The topological polar surface area (TPSA) is 21.3 Å². The Morgan fingerprint density at radius 2 is 2.12 bits per heavy atom. The molecule has 0 radical (unpaired) electrons.